The Kier molecular flexibility index (Phi) is 4.49. The molecule has 1 heteroatoms. The molecule has 2 aliphatic rings. The smallest absolute Gasteiger partial charge is 0.0259 e. The molecule has 1 saturated carbocycles. The average molecular weight is 402 g/mol. The van der Waals surface area contributed by atoms with Gasteiger partial charge < -0.3 is 5.41 Å². The summed E-state index contributed by atoms with van der Waals surface area (Å²) < 4.78 is 0. The molecule has 0 saturated heterocycles. The van der Waals surface area contributed by atoms with Gasteiger partial charge in [-0.1, -0.05) is 91.7 Å². The Labute approximate surface area is 184 Å². The zero-order valence-electron chi connectivity index (χ0n) is 17.8. The van der Waals surface area contributed by atoms with Crippen LogP contribution in [0.3, 0.4) is 0 Å². The third kappa shape index (κ3) is 2.95. The van der Waals surface area contributed by atoms with Crippen molar-refractivity contribution >= 4 is 17.0 Å². The average Bonchev–Trinajstić information content (AvgIpc) is 3.22. The molecule has 0 heterocycles. The molecule has 0 aliphatic heterocycles. The second-order valence-corrected chi connectivity index (χ2v) is 9.14. The molecule has 6 rings (SSSR count). The molecule has 0 aromatic heterocycles. The molecule has 1 nitrogen and oxygen atoms in total. The van der Waals surface area contributed by atoms with Crippen LogP contribution in [0, 0.1) is 5.41 Å². The minimum Gasteiger partial charge on any atom is -0.308 e. The first-order valence-corrected chi connectivity index (χ1v) is 11.6. The maximum Gasteiger partial charge on any atom is 0.0259 e. The second kappa shape index (κ2) is 7.50. The van der Waals surface area contributed by atoms with Gasteiger partial charge in [0, 0.05) is 11.8 Å². The fourth-order valence-electron chi connectivity index (χ4n) is 6.20. The van der Waals surface area contributed by atoms with E-state index in [0.717, 1.165) is 12.0 Å². The summed E-state index contributed by atoms with van der Waals surface area (Å²) in [6, 6.07) is 28.9. The van der Waals surface area contributed by atoms with Gasteiger partial charge in [-0.2, -0.15) is 0 Å². The topological polar surface area (TPSA) is 23.9 Å². The molecule has 4 aromatic carbocycles. The highest BCUT2D eigenvalue weighted by molar-refractivity contribution is 6.00. The molecule has 0 amide bonds. The van der Waals surface area contributed by atoms with Gasteiger partial charge in [0.1, 0.15) is 0 Å². The van der Waals surface area contributed by atoms with Gasteiger partial charge in [0.15, 0.2) is 0 Å². The Balaban J connectivity index is 1.49. The summed E-state index contributed by atoms with van der Waals surface area (Å²) in [5, 5.41) is 10.7. The fraction of sp³-hybridized carbons (Fsp3) is 0.233. The first kappa shape index (κ1) is 18.6. The lowest BCUT2D eigenvalue weighted by molar-refractivity contribution is 0.385. The number of rotatable bonds is 3. The Morgan fingerprint density at radius 1 is 0.677 bits per heavy atom. The van der Waals surface area contributed by atoms with Crippen molar-refractivity contribution in [3.8, 4) is 11.1 Å². The van der Waals surface area contributed by atoms with E-state index in [9.17, 15) is 0 Å². The SMILES string of the molecule is N=Cc1c(C2CCCCC2c2cccc3c2Cc2ccccc2-3)ccc2ccccc12. The van der Waals surface area contributed by atoms with Crippen LogP contribution in [0.1, 0.15) is 65.3 Å². The molecule has 0 spiro atoms. The Bertz CT molecular complexity index is 1300. The first-order chi connectivity index (χ1) is 15.3. The third-order valence-corrected chi connectivity index (χ3v) is 7.60. The predicted octanol–water partition coefficient (Wildman–Crippen LogP) is 7.85. The minimum absolute atomic E-state index is 0.477. The Hall–Kier alpha value is -3.19. The number of nitrogens with one attached hydrogen (secondary N) is 1. The predicted molar refractivity (Wildman–Crippen MR) is 130 cm³/mol. The highest BCUT2D eigenvalue weighted by Crippen LogP contribution is 2.49. The molecular weight excluding hydrogens is 374 g/mol. The molecule has 0 radical (unpaired) electrons. The standard InChI is InChI=1S/C30H27N/c31-19-30-22-10-3-1-8-20(22)16-17-28(30)26-13-6-5-12-25(26)27-15-7-14-24-23-11-4-2-9-21(23)18-29(24)27/h1-4,7-11,14-17,19,25-26,31H,5-6,12-13,18H2. The summed E-state index contributed by atoms with van der Waals surface area (Å²) in [6.45, 7) is 0. The van der Waals surface area contributed by atoms with Crippen molar-refractivity contribution in [2.45, 2.75) is 43.9 Å². The number of fused-ring (bicyclic) bond motifs is 4. The summed E-state index contributed by atoms with van der Waals surface area (Å²) in [6.07, 6.45) is 7.67. The molecular formula is C30H27N. The quantitative estimate of drug-likeness (QED) is 0.298. The van der Waals surface area contributed by atoms with Crippen molar-refractivity contribution in [1.29, 1.82) is 5.41 Å². The van der Waals surface area contributed by atoms with E-state index in [0.29, 0.717) is 11.8 Å². The van der Waals surface area contributed by atoms with E-state index in [4.69, 9.17) is 5.41 Å². The van der Waals surface area contributed by atoms with Gasteiger partial charge in [-0.05, 0) is 75.3 Å². The van der Waals surface area contributed by atoms with Crippen LogP contribution >= 0.6 is 0 Å². The van der Waals surface area contributed by atoms with E-state index < -0.39 is 0 Å². The summed E-state index contributed by atoms with van der Waals surface area (Å²) in [5.74, 6) is 1.00. The van der Waals surface area contributed by atoms with Gasteiger partial charge in [-0.15, -0.1) is 0 Å². The highest BCUT2D eigenvalue weighted by atomic mass is 14.4. The molecule has 2 aliphatic carbocycles. The van der Waals surface area contributed by atoms with Crippen LogP contribution < -0.4 is 0 Å². The maximum atomic E-state index is 8.24. The van der Waals surface area contributed by atoms with E-state index >= 15 is 0 Å². The van der Waals surface area contributed by atoms with Crippen molar-refractivity contribution in [1.82, 2.24) is 0 Å². The number of hydrogen-bond donors (Lipinski definition) is 1. The van der Waals surface area contributed by atoms with E-state index in [1.54, 1.807) is 11.8 Å². The lowest BCUT2D eigenvalue weighted by atomic mass is 9.69. The molecule has 1 N–H and O–H groups in total. The van der Waals surface area contributed by atoms with Crippen LogP contribution in [-0.4, -0.2) is 6.21 Å². The van der Waals surface area contributed by atoms with E-state index in [2.05, 4.69) is 78.9 Å². The maximum absolute atomic E-state index is 8.24. The monoisotopic (exact) mass is 401 g/mol. The van der Waals surface area contributed by atoms with Gasteiger partial charge in [0.2, 0.25) is 0 Å². The lowest BCUT2D eigenvalue weighted by Gasteiger charge is -2.34. The van der Waals surface area contributed by atoms with Crippen LogP contribution in [0.5, 0.6) is 0 Å². The van der Waals surface area contributed by atoms with Crippen molar-refractivity contribution in [2.75, 3.05) is 0 Å². The van der Waals surface area contributed by atoms with Gasteiger partial charge >= 0.3 is 0 Å². The Morgan fingerprint density at radius 2 is 1.42 bits per heavy atom. The van der Waals surface area contributed by atoms with Crippen LogP contribution in [0.25, 0.3) is 21.9 Å². The minimum atomic E-state index is 0.477. The van der Waals surface area contributed by atoms with Crippen LogP contribution in [0.2, 0.25) is 0 Å². The zero-order chi connectivity index (χ0) is 20.8. The molecule has 1 fully saturated rings. The summed E-state index contributed by atoms with van der Waals surface area (Å²) in [7, 11) is 0. The summed E-state index contributed by atoms with van der Waals surface area (Å²) in [5.41, 5.74) is 9.88. The fourth-order valence-corrected chi connectivity index (χ4v) is 6.20. The van der Waals surface area contributed by atoms with Crippen molar-refractivity contribution < 1.29 is 0 Å². The third-order valence-electron chi connectivity index (χ3n) is 7.60. The molecule has 2 atom stereocenters. The van der Waals surface area contributed by atoms with Crippen LogP contribution in [-0.2, 0) is 6.42 Å². The van der Waals surface area contributed by atoms with E-state index in [1.165, 1.54) is 64.3 Å². The molecule has 4 aromatic rings. The van der Waals surface area contributed by atoms with E-state index in [1.807, 2.05) is 0 Å². The number of benzene rings is 4. The summed E-state index contributed by atoms with van der Waals surface area (Å²) >= 11 is 0. The summed E-state index contributed by atoms with van der Waals surface area (Å²) in [4.78, 5) is 0. The van der Waals surface area contributed by atoms with Crippen molar-refractivity contribution in [3.05, 3.63) is 107 Å². The van der Waals surface area contributed by atoms with Gasteiger partial charge in [0.25, 0.3) is 0 Å². The molecule has 152 valence electrons. The molecule has 0 bridgehead atoms. The highest BCUT2D eigenvalue weighted by Gasteiger charge is 2.33. The molecule has 31 heavy (non-hydrogen) atoms. The largest absolute Gasteiger partial charge is 0.308 e. The lowest BCUT2D eigenvalue weighted by Crippen LogP contribution is -2.19. The van der Waals surface area contributed by atoms with Crippen LogP contribution in [0.15, 0.2) is 78.9 Å². The molecule has 2 unspecified atom stereocenters. The zero-order valence-corrected chi connectivity index (χ0v) is 17.8. The van der Waals surface area contributed by atoms with Crippen LogP contribution in [0.4, 0.5) is 0 Å². The van der Waals surface area contributed by atoms with Gasteiger partial charge in [-0.3, -0.25) is 0 Å². The normalized spacial score (nSPS) is 19.7. The van der Waals surface area contributed by atoms with Crippen molar-refractivity contribution in [2.24, 2.45) is 0 Å². The van der Waals surface area contributed by atoms with Gasteiger partial charge in [-0.25, -0.2) is 0 Å². The van der Waals surface area contributed by atoms with E-state index in [-0.39, 0.29) is 0 Å². The second-order valence-electron chi connectivity index (χ2n) is 9.14. The van der Waals surface area contributed by atoms with Gasteiger partial charge in [0.05, 0.1) is 0 Å². The Morgan fingerprint density at radius 3 is 2.29 bits per heavy atom. The van der Waals surface area contributed by atoms with Crippen molar-refractivity contribution in [3.63, 3.8) is 0 Å². The first-order valence-electron chi connectivity index (χ1n) is 11.6. The number of hydrogen-bond acceptors (Lipinski definition) is 1.